The van der Waals surface area contributed by atoms with Gasteiger partial charge in [0.1, 0.15) is 0 Å². The van der Waals surface area contributed by atoms with Gasteiger partial charge in [-0.1, -0.05) is 23.7 Å². The van der Waals surface area contributed by atoms with Crippen molar-refractivity contribution < 1.29 is 0 Å². The van der Waals surface area contributed by atoms with E-state index in [0.29, 0.717) is 22.9 Å². The van der Waals surface area contributed by atoms with Crippen molar-refractivity contribution in [2.24, 2.45) is 17.3 Å². The van der Waals surface area contributed by atoms with Crippen LogP contribution in [0.1, 0.15) is 69.5 Å². The highest BCUT2D eigenvalue weighted by Gasteiger charge is 2.59. The summed E-state index contributed by atoms with van der Waals surface area (Å²) in [4.78, 5) is 4.17. The number of nitrogens with zero attached hydrogens (tertiary/aromatic N) is 1. The maximum Gasteiger partial charge on any atom is 0.0406 e. The zero-order valence-corrected chi connectivity index (χ0v) is 17.8. The van der Waals surface area contributed by atoms with Gasteiger partial charge in [0.05, 0.1) is 0 Å². The zero-order valence-electron chi connectivity index (χ0n) is 17.0. The molecule has 1 heterocycles. The van der Waals surface area contributed by atoms with Crippen LogP contribution in [-0.2, 0) is 5.41 Å². The molecule has 4 fully saturated rings. The largest absolute Gasteiger partial charge is 0.307 e. The van der Waals surface area contributed by atoms with E-state index in [9.17, 15) is 0 Å². The molecule has 1 N–H and O–H groups in total. The predicted molar refractivity (Wildman–Crippen MR) is 115 cm³/mol. The van der Waals surface area contributed by atoms with Crippen molar-refractivity contribution in [2.75, 3.05) is 0 Å². The molecule has 4 saturated carbocycles. The van der Waals surface area contributed by atoms with Crippen molar-refractivity contribution in [3.8, 4) is 0 Å². The van der Waals surface area contributed by atoms with Crippen LogP contribution >= 0.6 is 11.6 Å². The van der Waals surface area contributed by atoms with Crippen LogP contribution < -0.4 is 5.32 Å². The lowest BCUT2D eigenvalue weighted by Gasteiger charge is -2.64. The van der Waals surface area contributed by atoms with E-state index in [1.165, 1.54) is 49.7 Å². The Kier molecular flexibility index (Phi) is 4.56. The molecule has 6 rings (SSSR count). The van der Waals surface area contributed by atoms with Gasteiger partial charge in [-0.25, -0.2) is 0 Å². The van der Waals surface area contributed by atoms with Gasteiger partial charge in [0.25, 0.3) is 0 Å². The second-order valence-corrected chi connectivity index (χ2v) is 10.4. The minimum Gasteiger partial charge on any atom is -0.307 e. The van der Waals surface area contributed by atoms with Gasteiger partial charge in [-0.2, -0.15) is 0 Å². The lowest BCUT2D eigenvalue weighted by Crippen LogP contribution is -2.60. The molecule has 4 bridgehead atoms. The molecule has 2 nitrogen and oxygen atoms in total. The maximum absolute atomic E-state index is 6.20. The Morgan fingerprint density at radius 1 is 0.964 bits per heavy atom. The first-order valence-electron chi connectivity index (χ1n) is 10.9. The molecule has 0 radical (unpaired) electrons. The summed E-state index contributed by atoms with van der Waals surface area (Å²) < 4.78 is 0. The normalized spacial score (nSPS) is 35.7. The molecule has 1 aromatic carbocycles. The van der Waals surface area contributed by atoms with Crippen molar-refractivity contribution in [1.82, 2.24) is 10.3 Å². The van der Waals surface area contributed by atoms with Gasteiger partial charge in [0.15, 0.2) is 0 Å². The van der Waals surface area contributed by atoms with Crippen molar-refractivity contribution in [1.29, 1.82) is 0 Å². The van der Waals surface area contributed by atoms with Crippen molar-refractivity contribution in [3.63, 3.8) is 0 Å². The average molecular weight is 395 g/mol. The number of hydrogen-bond donors (Lipinski definition) is 1. The molecular weight excluding hydrogens is 364 g/mol. The second kappa shape index (κ2) is 6.85. The Morgan fingerprint density at radius 2 is 1.61 bits per heavy atom. The van der Waals surface area contributed by atoms with Gasteiger partial charge >= 0.3 is 0 Å². The standard InChI is InChI=1S/C25H31ClN2/c1-17(21-7-9-27-10-8-21)28-18(2)24-12-19-11-20(13-24)15-25(14-19,16-24)22-3-5-23(26)6-4-22/h3-10,17-20,28H,11-16H2,1-2H3. The van der Waals surface area contributed by atoms with E-state index in [2.05, 4.69) is 60.5 Å². The van der Waals surface area contributed by atoms with Crippen LogP contribution in [0.4, 0.5) is 0 Å². The Hall–Kier alpha value is -1.38. The van der Waals surface area contributed by atoms with E-state index in [0.717, 1.165) is 16.9 Å². The van der Waals surface area contributed by atoms with Crippen molar-refractivity contribution in [2.45, 2.75) is 69.9 Å². The van der Waals surface area contributed by atoms with Gasteiger partial charge in [-0.3, -0.25) is 4.98 Å². The highest BCUT2D eigenvalue weighted by Crippen LogP contribution is 2.66. The molecule has 1 aromatic heterocycles. The van der Waals surface area contributed by atoms with Gasteiger partial charge in [0, 0.05) is 29.5 Å². The first-order chi connectivity index (χ1) is 13.5. The number of pyridine rings is 1. The topological polar surface area (TPSA) is 24.9 Å². The highest BCUT2D eigenvalue weighted by atomic mass is 35.5. The van der Waals surface area contributed by atoms with Crippen molar-refractivity contribution in [3.05, 3.63) is 64.9 Å². The third-order valence-corrected chi connectivity index (χ3v) is 8.44. The van der Waals surface area contributed by atoms with Gasteiger partial charge in [-0.15, -0.1) is 0 Å². The van der Waals surface area contributed by atoms with Crippen LogP contribution in [0.5, 0.6) is 0 Å². The summed E-state index contributed by atoms with van der Waals surface area (Å²) in [7, 11) is 0. The molecular formula is C25H31ClN2. The molecule has 0 saturated heterocycles. The molecule has 3 heteroatoms. The summed E-state index contributed by atoms with van der Waals surface area (Å²) in [5.74, 6) is 1.77. The van der Waals surface area contributed by atoms with Gasteiger partial charge in [-0.05, 0) is 110 Å². The molecule has 0 amide bonds. The Bertz CT molecular complexity index is 817. The number of rotatable bonds is 5. The minimum atomic E-state index is 0.359. The monoisotopic (exact) mass is 394 g/mol. The van der Waals surface area contributed by atoms with Crippen LogP contribution in [-0.4, -0.2) is 11.0 Å². The quantitative estimate of drug-likeness (QED) is 0.642. The average Bonchev–Trinajstić information content (AvgIpc) is 2.68. The predicted octanol–water partition coefficient (Wildman–Crippen LogP) is 6.31. The van der Waals surface area contributed by atoms with E-state index in [4.69, 9.17) is 11.6 Å². The SMILES string of the molecule is CC(NC(C)C12CC3CC(CC(c4ccc(Cl)cc4)(C3)C1)C2)c1ccncc1. The van der Waals surface area contributed by atoms with E-state index < -0.39 is 0 Å². The van der Waals surface area contributed by atoms with E-state index in [1.54, 1.807) is 0 Å². The fourth-order valence-corrected chi connectivity index (χ4v) is 7.41. The zero-order chi connectivity index (χ0) is 19.4. The van der Waals surface area contributed by atoms with Gasteiger partial charge < -0.3 is 5.32 Å². The minimum absolute atomic E-state index is 0.359. The molecule has 4 atom stereocenters. The first kappa shape index (κ1) is 18.6. The van der Waals surface area contributed by atoms with E-state index >= 15 is 0 Å². The number of halogens is 1. The number of aromatic nitrogens is 1. The summed E-state index contributed by atoms with van der Waals surface area (Å²) in [6, 6.07) is 14.0. The van der Waals surface area contributed by atoms with E-state index in [-0.39, 0.29) is 0 Å². The smallest absolute Gasteiger partial charge is 0.0406 e. The number of hydrogen-bond acceptors (Lipinski definition) is 2. The molecule has 148 valence electrons. The molecule has 4 aliphatic rings. The molecule has 0 spiro atoms. The third kappa shape index (κ3) is 3.09. The lowest BCUT2D eigenvalue weighted by atomic mass is 9.41. The van der Waals surface area contributed by atoms with Crippen LogP contribution in [0.25, 0.3) is 0 Å². The summed E-state index contributed by atoms with van der Waals surface area (Å²) >= 11 is 6.20. The number of nitrogens with one attached hydrogen (secondary N) is 1. The summed E-state index contributed by atoms with van der Waals surface area (Å²) in [6.07, 6.45) is 12.1. The fraction of sp³-hybridized carbons (Fsp3) is 0.560. The van der Waals surface area contributed by atoms with Crippen LogP contribution in [0.3, 0.4) is 0 Å². The first-order valence-corrected chi connectivity index (χ1v) is 11.3. The van der Waals surface area contributed by atoms with Crippen molar-refractivity contribution >= 4 is 11.6 Å². The molecule has 4 unspecified atom stereocenters. The molecule has 0 aliphatic heterocycles. The molecule has 28 heavy (non-hydrogen) atoms. The summed E-state index contributed by atoms with van der Waals surface area (Å²) in [6.45, 7) is 4.74. The molecule has 4 aliphatic carbocycles. The van der Waals surface area contributed by atoms with E-state index in [1.807, 2.05) is 12.4 Å². The van der Waals surface area contributed by atoms with Crippen LogP contribution in [0.15, 0.2) is 48.8 Å². The Labute approximate surface area is 174 Å². The summed E-state index contributed by atoms with van der Waals surface area (Å²) in [5, 5.41) is 4.83. The molecule has 2 aromatic rings. The number of benzene rings is 1. The summed E-state index contributed by atoms with van der Waals surface area (Å²) in [5.41, 5.74) is 3.65. The Morgan fingerprint density at radius 3 is 2.25 bits per heavy atom. The lowest BCUT2D eigenvalue weighted by molar-refractivity contribution is -0.0894. The highest BCUT2D eigenvalue weighted by molar-refractivity contribution is 6.30. The van der Waals surface area contributed by atoms with Gasteiger partial charge in [0.2, 0.25) is 0 Å². The third-order valence-electron chi connectivity index (χ3n) is 8.19. The van der Waals surface area contributed by atoms with Crippen LogP contribution in [0, 0.1) is 17.3 Å². The van der Waals surface area contributed by atoms with Crippen LogP contribution in [0.2, 0.25) is 5.02 Å². The second-order valence-electron chi connectivity index (χ2n) is 10.0. The fourth-order valence-electron chi connectivity index (χ4n) is 7.28. The Balaban J connectivity index is 1.42. The maximum atomic E-state index is 6.20.